The van der Waals surface area contributed by atoms with Gasteiger partial charge in [0.15, 0.2) is 0 Å². The van der Waals surface area contributed by atoms with E-state index in [4.69, 9.17) is 5.73 Å². The highest BCUT2D eigenvalue weighted by Crippen LogP contribution is 2.38. The molecule has 0 spiro atoms. The van der Waals surface area contributed by atoms with Crippen LogP contribution in [-0.2, 0) is 4.79 Å². The lowest BCUT2D eigenvalue weighted by atomic mass is 10.0. The smallest absolute Gasteiger partial charge is 0.248 e. The zero-order chi connectivity index (χ0) is 11.9. The van der Waals surface area contributed by atoms with Crippen molar-refractivity contribution >= 4 is 11.6 Å². The van der Waals surface area contributed by atoms with E-state index >= 15 is 0 Å². The highest BCUT2D eigenvalue weighted by molar-refractivity contribution is 6.05. The van der Waals surface area contributed by atoms with E-state index in [1.54, 1.807) is 0 Å². The third kappa shape index (κ3) is 1.43. The maximum atomic E-state index is 12.0. The average Bonchev–Trinajstić information content (AvgIpc) is 2.50. The van der Waals surface area contributed by atoms with E-state index in [0.717, 1.165) is 24.2 Å². The van der Waals surface area contributed by atoms with Gasteiger partial charge in [-0.25, -0.2) is 0 Å². The molecule has 86 valence electrons. The molecule has 1 aromatic rings. The number of nitrogens with zero attached hydrogens (tertiary/aromatic N) is 1. The van der Waals surface area contributed by atoms with Crippen molar-refractivity contribution < 1.29 is 4.79 Å². The summed E-state index contributed by atoms with van der Waals surface area (Å²) in [6.07, 6.45) is 0.950. The van der Waals surface area contributed by atoms with Crippen LogP contribution in [0.5, 0.6) is 0 Å². The zero-order valence-corrected chi connectivity index (χ0v) is 10.1. The van der Waals surface area contributed by atoms with Crippen molar-refractivity contribution in [1.82, 2.24) is 0 Å². The van der Waals surface area contributed by atoms with Gasteiger partial charge in [-0.3, -0.25) is 4.79 Å². The number of nitrogens with two attached hydrogens (primary N) is 1. The van der Waals surface area contributed by atoms with Crippen LogP contribution in [-0.4, -0.2) is 12.5 Å². The van der Waals surface area contributed by atoms with Gasteiger partial charge in [0.1, 0.15) is 6.04 Å². The molecule has 0 aliphatic carbocycles. The summed E-state index contributed by atoms with van der Waals surface area (Å²) in [6.45, 7) is 6.95. The topological polar surface area (TPSA) is 46.3 Å². The average molecular weight is 218 g/mol. The van der Waals surface area contributed by atoms with Crippen LogP contribution in [0.15, 0.2) is 12.1 Å². The van der Waals surface area contributed by atoms with Crippen LogP contribution in [0.2, 0.25) is 0 Å². The fourth-order valence-corrected chi connectivity index (χ4v) is 2.29. The minimum atomic E-state index is -0.471. The lowest BCUT2D eigenvalue weighted by Crippen LogP contribution is -2.32. The summed E-state index contributed by atoms with van der Waals surface area (Å²) < 4.78 is 0. The standard InChI is InChI=1S/C13H18N2O/c1-4-7-15-12-9(3)8(2)5-6-10(12)11(14)13(15)16/h5-6,11H,4,7,14H2,1-3H3. The van der Waals surface area contributed by atoms with Gasteiger partial charge >= 0.3 is 0 Å². The number of rotatable bonds is 2. The number of fused-ring (bicyclic) bond motifs is 1. The fourth-order valence-electron chi connectivity index (χ4n) is 2.29. The van der Waals surface area contributed by atoms with E-state index in [1.807, 2.05) is 17.0 Å². The Bertz CT molecular complexity index is 440. The van der Waals surface area contributed by atoms with Crippen molar-refractivity contribution in [2.75, 3.05) is 11.4 Å². The van der Waals surface area contributed by atoms with Gasteiger partial charge in [-0.05, 0) is 31.4 Å². The molecule has 1 unspecified atom stereocenters. The number of hydrogen-bond donors (Lipinski definition) is 1. The SMILES string of the molecule is CCCN1C(=O)C(N)c2ccc(C)c(C)c21. The molecule has 1 aliphatic heterocycles. The highest BCUT2D eigenvalue weighted by atomic mass is 16.2. The van der Waals surface area contributed by atoms with Crippen LogP contribution >= 0.6 is 0 Å². The molecule has 1 heterocycles. The Balaban J connectivity index is 2.57. The maximum absolute atomic E-state index is 12.0. The number of aryl methyl sites for hydroxylation is 1. The summed E-state index contributed by atoms with van der Waals surface area (Å²) in [5, 5.41) is 0. The third-order valence-electron chi connectivity index (χ3n) is 3.32. The van der Waals surface area contributed by atoms with Gasteiger partial charge < -0.3 is 10.6 Å². The molecular weight excluding hydrogens is 200 g/mol. The number of anilines is 1. The maximum Gasteiger partial charge on any atom is 0.248 e. The van der Waals surface area contributed by atoms with Crippen molar-refractivity contribution in [3.8, 4) is 0 Å². The van der Waals surface area contributed by atoms with Gasteiger partial charge in [0, 0.05) is 12.1 Å². The molecule has 16 heavy (non-hydrogen) atoms. The molecule has 3 nitrogen and oxygen atoms in total. The minimum Gasteiger partial charge on any atom is -0.316 e. The molecule has 0 bridgehead atoms. The summed E-state index contributed by atoms with van der Waals surface area (Å²) in [7, 11) is 0. The molecule has 1 atom stereocenters. The molecule has 2 rings (SSSR count). The highest BCUT2D eigenvalue weighted by Gasteiger charge is 2.35. The monoisotopic (exact) mass is 218 g/mol. The number of carbonyl (C=O) groups is 1. The molecule has 0 radical (unpaired) electrons. The fraction of sp³-hybridized carbons (Fsp3) is 0.462. The van der Waals surface area contributed by atoms with Gasteiger partial charge in [0.05, 0.1) is 5.69 Å². The van der Waals surface area contributed by atoms with Crippen LogP contribution < -0.4 is 10.6 Å². The predicted octanol–water partition coefficient (Wildman–Crippen LogP) is 2.06. The number of carbonyl (C=O) groups excluding carboxylic acids is 1. The van der Waals surface area contributed by atoms with Crippen molar-refractivity contribution in [2.45, 2.75) is 33.2 Å². The first kappa shape index (κ1) is 11.1. The quantitative estimate of drug-likeness (QED) is 0.826. The van der Waals surface area contributed by atoms with Crippen molar-refractivity contribution in [3.63, 3.8) is 0 Å². The second-order valence-corrected chi connectivity index (χ2v) is 4.41. The Morgan fingerprint density at radius 2 is 2.06 bits per heavy atom. The molecule has 0 saturated heterocycles. The van der Waals surface area contributed by atoms with E-state index in [-0.39, 0.29) is 5.91 Å². The summed E-state index contributed by atoms with van der Waals surface area (Å²) >= 11 is 0. The van der Waals surface area contributed by atoms with E-state index < -0.39 is 6.04 Å². The predicted molar refractivity (Wildman–Crippen MR) is 65.5 cm³/mol. The number of hydrogen-bond acceptors (Lipinski definition) is 2. The molecule has 2 N–H and O–H groups in total. The first-order valence-electron chi connectivity index (χ1n) is 5.75. The summed E-state index contributed by atoms with van der Waals surface area (Å²) in [5.74, 6) is 0.0329. The molecular formula is C13H18N2O. The van der Waals surface area contributed by atoms with E-state index in [9.17, 15) is 4.79 Å². The Kier molecular flexibility index (Phi) is 2.72. The van der Waals surface area contributed by atoms with Crippen molar-refractivity contribution in [2.24, 2.45) is 5.73 Å². The number of benzene rings is 1. The minimum absolute atomic E-state index is 0.0329. The first-order chi connectivity index (χ1) is 7.57. The van der Waals surface area contributed by atoms with Crippen LogP contribution in [0, 0.1) is 13.8 Å². The summed E-state index contributed by atoms with van der Waals surface area (Å²) in [5.41, 5.74) is 10.3. The van der Waals surface area contributed by atoms with Crippen LogP contribution in [0.3, 0.4) is 0 Å². The molecule has 3 heteroatoms. The molecule has 1 aliphatic rings. The Hall–Kier alpha value is -1.35. The third-order valence-corrected chi connectivity index (χ3v) is 3.32. The van der Waals surface area contributed by atoms with Crippen LogP contribution in [0.25, 0.3) is 0 Å². The Morgan fingerprint density at radius 3 is 2.69 bits per heavy atom. The van der Waals surface area contributed by atoms with Gasteiger partial charge in [-0.1, -0.05) is 19.1 Å². The van der Waals surface area contributed by atoms with Crippen LogP contribution in [0.1, 0.15) is 36.1 Å². The Morgan fingerprint density at radius 1 is 1.38 bits per heavy atom. The van der Waals surface area contributed by atoms with Gasteiger partial charge in [0.2, 0.25) is 5.91 Å². The van der Waals surface area contributed by atoms with E-state index in [2.05, 4.69) is 20.8 Å². The largest absolute Gasteiger partial charge is 0.316 e. The normalized spacial score (nSPS) is 19.1. The molecule has 0 fully saturated rings. The summed E-state index contributed by atoms with van der Waals surface area (Å²) in [4.78, 5) is 13.9. The van der Waals surface area contributed by atoms with Gasteiger partial charge in [-0.2, -0.15) is 0 Å². The van der Waals surface area contributed by atoms with E-state index in [0.29, 0.717) is 0 Å². The van der Waals surface area contributed by atoms with Gasteiger partial charge in [-0.15, -0.1) is 0 Å². The lowest BCUT2D eigenvalue weighted by molar-refractivity contribution is -0.119. The second-order valence-electron chi connectivity index (χ2n) is 4.41. The second kappa shape index (κ2) is 3.91. The molecule has 1 amide bonds. The molecule has 1 aromatic carbocycles. The Labute approximate surface area is 96.2 Å². The number of amides is 1. The van der Waals surface area contributed by atoms with Gasteiger partial charge in [0.25, 0.3) is 0 Å². The molecule has 0 aromatic heterocycles. The van der Waals surface area contributed by atoms with E-state index in [1.165, 1.54) is 11.1 Å². The van der Waals surface area contributed by atoms with Crippen LogP contribution in [0.4, 0.5) is 5.69 Å². The first-order valence-corrected chi connectivity index (χ1v) is 5.75. The lowest BCUT2D eigenvalue weighted by Gasteiger charge is -2.19. The summed E-state index contributed by atoms with van der Waals surface area (Å²) in [6, 6.07) is 3.55. The molecule has 0 saturated carbocycles. The van der Waals surface area contributed by atoms with Crippen molar-refractivity contribution in [1.29, 1.82) is 0 Å². The van der Waals surface area contributed by atoms with Crippen molar-refractivity contribution in [3.05, 3.63) is 28.8 Å². The zero-order valence-electron chi connectivity index (χ0n) is 10.1.